The van der Waals surface area contributed by atoms with Gasteiger partial charge in [-0.25, -0.2) is 15.0 Å². The van der Waals surface area contributed by atoms with Gasteiger partial charge in [0.25, 0.3) is 0 Å². The molecular formula is C13H14N6O. The zero-order valence-electron chi connectivity index (χ0n) is 10.6. The molecule has 2 heterocycles. The predicted octanol–water partition coefficient (Wildman–Crippen LogP) is 1.08. The molecule has 3 aromatic rings. The second-order valence-corrected chi connectivity index (χ2v) is 4.39. The van der Waals surface area contributed by atoms with E-state index >= 15 is 0 Å². The van der Waals surface area contributed by atoms with Crippen LogP contribution in [0.3, 0.4) is 0 Å². The Bertz CT molecular complexity index is 708. The van der Waals surface area contributed by atoms with Gasteiger partial charge in [0.15, 0.2) is 11.5 Å². The summed E-state index contributed by atoms with van der Waals surface area (Å²) in [5, 5.41) is 13.2. The Hall–Kier alpha value is -2.67. The standard InChI is InChI=1S/C13H14N6O/c14-9-3-1-8(2-4-9)10(20)5-15-12-11-13(17-6-16-11)19-7-18-12/h1-4,6-7,10,20H,5,14H2,(H2,15,16,17,18,19). The van der Waals surface area contributed by atoms with Crippen molar-refractivity contribution in [1.29, 1.82) is 0 Å². The number of nitrogens with one attached hydrogen (secondary N) is 2. The Kier molecular flexibility index (Phi) is 3.18. The fourth-order valence-corrected chi connectivity index (χ4v) is 1.93. The van der Waals surface area contributed by atoms with E-state index in [1.165, 1.54) is 6.33 Å². The number of benzene rings is 1. The first-order valence-corrected chi connectivity index (χ1v) is 6.15. The molecule has 0 fully saturated rings. The maximum atomic E-state index is 10.1. The van der Waals surface area contributed by atoms with Crippen LogP contribution in [-0.2, 0) is 0 Å². The summed E-state index contributed by atoms with van der Waals surface area (Å²) in [5.74, 6) is 0.613. The van der Waals surface area contributed by atoms with E-state index in [1.54, 1.807) is 30.6 Å². The second-order valence-electron chi connectivity index (χ2n) is 4.39. The molecule has 0 spiro atoms. The van der Waals surface area contributed by atoms with E-state index in [9.17, 15) is 5.11 Å². The number of nitrogens with zero attached hydrogens (tertiary/aromatic N) is 3. The van der Waals surface area contributed by atoms with Gasteiger partial charge in [-0.3, -0.25) is 0 Å². The van der Waals surface area contributed by atoms with E-state index in [0.29, 0.717) is 23.7 Å². The number of H-pyrrole nitrogens is 1. The van der Waals surface area contributed by atoms with Gasteiger partial charge in [-0.1, -0.05) is 12.1 Å². The summed E-state index contributed by atoms with van der Waals surface area (Å²) in [6.45, 7) is 0.328. The zero-order valence-corrected chi connectivity index (χ0v) is 10.6. The van der Waals surface area contributed by atoms with Gasteiger partial charge in [-0.2, -0.15) is 0 Å². The van der Waals surface area contributed by atoms with Crippen molar-refractivity contribution in [2.75, 3.05) is 17.6 Å². The number of nitrogens with two attached hydrogens (primary N) is 1. The lowest BCUT2D eigenvalue weighted by Crippen LogP contribution is -2.13. The second kappa shape index (κ2) is 5.14. The number of aromatic nitrogens is 4. The average Bonchev–Trinajstić information content (AvgIpc) is 2.94. The van der Waals surface area contributed by atoms with Gasteiger partial charge < -0.3 is 21.1 Å². The number of hydrogen-bond donors (Lipinski definition) is 4. The molecule has 0 amide bonds. The van der Waals surface area contributed by atoms with Crippen molar-refractivity contribution in [2.24, 2.45) is 0 Å². The van der Waals surface area contributed by atoms with E-state index in [2.05, 4.69) is 25.3 Å². The predicted molar refractivity (Wildman–Crippen MR) is 76.0 cm³/mol. The zero-order chi connectivity index (χ0) is 13.9. The molecule has 3 rings (SSSR count). The van der Waals surface area contributed by atoms with Crippen molar-refractivity contribution in [3.8, 4) is 0 Å². The summed E-state index contributed by atoms with van der Waals surface area (Å²) in [6.07, 6.45) is 2.34. The minimum absolute atomic E-state index is 0.328. The van der Waals surface area contributed by atoms with E-state index in [4.69, 9.17) is 5.73 Å². The number of aromatic amines is 1. The molecule has 0 saturated heterocycles. The van der Waals surface area contributed by atoms with Gasteiger partial charge in [-0.05, 0) is 17.7 Å². The van der Waals surface area contributed by atoms with Gasteiger partial charge in [0.05, 0.1) is 12.4 Å². The highest BCUT2D eigenvalue weighted by Gasteiger charge is 2.10. The van der Waals surface area contributed by atoms with Crippen LogP contribution in [0.1, 0.15) is 11.7 Å². The summed E-state index contributed by atoms with van der Waals surface area (Å²) in [7, 11) is 0. The molecular weight excluding hydrogens is 256 g/mol. The highest BCUT2D eigenvalue weighted by atomic mass is 16.3. The number of aliphatic hydroxyl groups excluding tert-OH is 1. The van der Waals surface area contributed by atoms with E-state index in [0.717, 1.165) is 11.1 Å². The van der Waals surface area contributed by atoms with Crippen LogP contribution in [0.4, 0.5) is 11.5 Å². The highest BCUT2D eigenvalue weighted by molar-refractivity contribution is 5.81. The maximum Gasteiger partial charge on any atom is 0.182 e. The first-order chi connectivity index (χ1) is 9.74. The normalized spacial score (nSPS) is 12.4. The third-order valence-electron chi connectivity index (χ3n) is 3.01. The lowest BCUT2D eigenvalue weighted by molar-refractivity contribution is 0.191. The lowest BCUT2D eigenvalue weighted by Gasteiger charge is -2.13. The van der Waals surface area contributed by atoms with Gasteiger partial charge in [0.1, 0.15) is 11.8 Å². The molecule has 2 aromatic heterocycles. The molecule has 1 aromatic carbocycles. The van der Waals surface area contributed by atoms with Crippen molar-refractivity contribution < 1.29 is 5.11 Å². The molecule has 0 aliphatic carbocycles. The SMILES string of the molecule is Nc1ccc(C(O)CNc2ncnc3nc[nH]c23)cc1. The molecule has 0 saturated carbocycles. The van der Waals surface area contributed by atoms with Crippen LogP contribution < -0.4 is 11.1 Å². The quantitative estimate of drug-likeness (QED) is 0.528. The average molecular weight is 270 g/mol. The van der Waals surface area contributed by atoms with Crippen LogP contribution >= 0.6 is 0 Å². The van der Waals surface area contributed by atoms with Crippen LogP contribution in [0, 0.1) is 0 Å². The molecule has 0 radical (unpaired) electrons. The molecule has 0 aliphatic heterocycles. The molecule has 20 heavy (non-hydrogen) atoms. The number of rotatable bonds is 4. The topological polar surface area (TPSA) is 113 Å². The van der Waals surface area contributed by atoms with Crippen LogP contribution in [-0.4, -0.2) is 31.6 Å². The number of anilines is 2. The number of imidazole rings is 1. The van der Waals surface area contributed by atoms with Gasteiger partial charge >= 0.3 is 0 Å². The van der Waals surface area contributed by atoms with Crippen LogP contribution in [0.15, 0.2) is 36.9 Å². The summed E-state index contributed by atoms with van der Waals surface area (Å²) in [5.41, 5.74) is 8.39. The first-order valence-electron chi connectivity index (χ1n) is 6.15. The lowest BCUT2D eigenvalue weighted by atomic mass is 10.1. The summed E-state index contributed by atoms with van der Waals surface area (Å²) < 4.78 is 0. The molecule has 7 nitrogen and oxygen atoms in total. The minimum atomic E-state index is -0.650. The van der Waals surface area contributed by atoms with E-state index in [1.807, 2.05) is 0 Å². The Morgan fingerprint density at radius 2 is 2.00 bits per heavy atom. The summed E-state index contributed by atoms with van der Waals surface area (Å²) in [4.78, 5) is 15.2. The Balaban J connectivity index is 1.73. The molecule has 1 unspecified atom stereocenters. The molecule has 0 aliphatic rings. The highest BCUT2D eigenvalue weighted by Crippen LogP contribution is 2.18. The molecule has 102 valence electrons. The Morgan fingerprint density at radius 1 is 1.20 bits per heavy atom. The Morgan fingerprint density at radius 3 is 2.80 bits per heavy atom. The number of hydrogen-bond acceptors (Lipinski definition) is 6. The largest absolute Gasteiger partial charge is 0.399 e. The van der Waals surface area contributed by atoms with E-state index in [-0.39, 0.29) is 0 Å². The van der Waals surface area contributed by atoms with Crippen molar-refractivity contribution in [3.05, 3.63) is 42.5 Å². The Labute approximate surface area is 114 Å². The monoisotopic (exact) mass is 270 g/mol. The van der Waals surface area contributed by atoms with Crippen molar-refractivity contribution in [3.63, 3.8) is 0 Å². The summed E-state index contributed by atoms with van der Waals surface area (Å²) >= 11 is 0. The molecule has 1 atom stereocenters. The number of fused-ring (bicyclic) bond motifs is 1. The van der Waals surface area contributed by atoms with Gasteiger partial charge in [0, 0.05) is 12.2 Å². The molecule has 0 bridgehead atoms. The smallest absolute Gasteiger partial charge is 0.182 e. The third kappa shape index (κ3) is 2.39. The van der Waals surface area contributed by atoms with Crippen molar-refractivity contribution in [1.82, 2.24) is 19.9 Å². The molecule has 7 heteroatoms. The van der Waals surface area contributed by atoms with Gasteiger partial charge in [0.2, 0.25) is 0 Å². The molecule has 5 N–H and O–H groups in total. The van der Waals surface area contributed by atoms with E-state index < -0.39 is 6.10 Å². The third-order valence-corrected chi connectivity index (χ3v) is 3.01. The fraction of sp³-hybridized carbons (Fsp3) is 0.154. The van der Waals surface area contributed by atoms with Crippen LogP contribution in [0.2, 0.25) is 0 Å². The number of nitrogen functional groups attached to an aromatic ring is 1. The van der Waals surface area contributed by atoms with Gasteiger partial charge in [-0.15, -0.1) is 0 Å². The number of aliphatic hydroxyl groups is 1. The van der Waals surface area contributed by atoms with Crippen molar-refractivity contribution in [2.45, 2.75) is 6.10 Å². The fourth-order valence-electron chi connectivity index (χ4n) is 1.93. The summed E-state index contributed by atoms with van der Waals surface area (Å²) in [6, 6.07) is 7.12. The minimum Gasteiger partial charge on any atom is -0.399 e. The maximum absolute atomic E-state index is 10.1. The van der Waals surface area contributed by atoms with Crippen LogP contribution in [0.5, 0.6) is 0 Å². The first kappa shape index (κ1) is 12.4. The van der Waals surface area contributed by atoms with Crippen molar-refractivity contribution >= 4 is 22.7 Å². The van der Waals surface area contributed by atoms with Crippen LogP contribution in [0.25, 0.3) is 11.2 Å².